The van der Waals surface area contributed by atoms with Crippen molar-refractivity contribution in [2.24, 2.45) is 7.05 Å². The Kier molecular flexibility index (Phi) is 10.6. The van der Waals surface area contributed by atoms with Crippen molar-refractivity contribution < 1.29 is 26.2 Å². The van der Waals surface area contributed by atoms with Gasteiger partial charge in [0.1, 0.15) is 11.6 Å². The molecule has 0 unspecified atom stereocenters. The number of aromatic nitrogens is 4. The maximum atomic E-state index is 11.9. The molecule has 0 spiro atoms. The molecule has 0 saturated carbocycles. The van der Waals surface area contributed by atoms with E-state index in [9.17, 15) is 5.11 Å². The Labute approximate surface area is 384 Å². The van der Waals surface area contributed by atoms with Gasteiger partial charge in [0.25, 0.3) is 0 Å². The van der Waals surface area contributed by atoms with Crippen LogP contribution < -0.4 is 0 Å². The summed E-state index contributed by atoms with van der Waals surface area (Å²) in [6.45, 7) is 13.1. The van der Waals surface area contributed by atoms with Gasteiger partial charge in [0.05, 0.1) is 27.6 Å². The normalized spacial score (nSPS) is 12.0. The number of aromatic hydroxyl groups is 1. The molecule has 314 valence electrons. The van der Waals surface area contributed by atoms with E-state index in [-0.39, 0.29) is 37.6 Å². The van der Waals surface area contributed by atoms with E-state index in [0.717, 1.165) is 89.4 Å². The van der Waals surface area contributed by atoms with Crippen molar-refractivity contribution in [2.75, 3.05) is 0 Å². The molecule has 0 fully saturated rings. The van der Waals surface area contributed by atoms with Crippen LogP contribution in [0.25, 0.3) is 94.6 Å². The van der Waals surface area contributed by atoms with Gasteiger partial charge >= 0.3 is 0 Å². The van der Waals surface area contributed by atoms with Gasteiger partial charge in [-0.05, 0) is 63.9 Å². The second-order valence-corrected chi connectivity index (χ2v) is 18.5. The topological polar surface area (TPSA) is 55.9 Å². The zero-order valence-corrected chi connectivity index (χ0v) is 38.9. The zero-order valence-electron chi connectivity index (χ0n) is 36.6. The SMILES string of the molecule is Cn1c(-c2cc(C(C)(C)C)cc(C(C)(C)C)c2O)nc2c(-c3[c-]c(-c4cc(-c5cccc6c7ccccc7n(-c7ccccc7)c56)ccn4)cc(-c4ccccc4)c3)cccc21.[Pt]. The zero-order chi connectivity index (χ0) is 42.9. The number of imidazole rings is 1. The molecule has 10 aromatic rings. The van der Waals surface area contributed by atoms with Gasteiger partial charge in [0.15, 0.2) is 0 Å². The van der Waals surface area contributed by atoms with Crippen molar-refractivity contribution in [3.05, 3.63) is 181 Å². The quantitative estimate of drug-likeness (QED) is 0.169. The molecule has 3 aromatic heterocycles. The summed E-state index contributed by atoms with van der Waals surface area (Å²) in [5.41, 5.74) is 15.6. The molecule has 0 saturated heterocycles. The van der Waals surface area contributed by atoms with E-state index in [1.54, 1.807) is 0 Å². The number of rotatable bonds is 6. The molecule has 3 heterocycles. The average Bonchev–Trinajstić information content (AvgIpc) is 3.80. The van der Waals surface area contributed by atoms with Crippen LogP contribution in [-0.2, 0) is 38.9 Å². The van der Waals surface area contributed by atoms with Gasteiger partial charge in [0.2, 0.25) is 0 Å². The van der Waals surface area contributed by atoms with Crippen LogP contribution >= 0.6 is 0 Å². The smallest absolute Gasteiger partial charge is 0.143 e. The van der Waals surface area contributed by atoms with E-state index >= 15 is 0 Å². The molecule has 10 rings (SSSR count). The van der Waals surface area contributed by atoms with E-state index < -0.39 is 0 Å². The largest absolute Gasteiger partial charge is 0.507 e. The molecule has 0 radical (unpaired) electrons. The number of phenols is 1. The minimum absolute atomic E-state index is 0. The molecule has 0 aliphatic rings. The molecule has 63 heavy (non-hydrogen) atoms. The molecule has 6 heteroatoms. The van der Waals surface area contributed by atoms with Crippen molar-refractivity contribution >= 4 is 32.8 Å². The van der Waals surface area contributed by atoms with Crippen molar-refractivity contribution in [3.8, 4) is 67.5 Å². The number of benzene rings is 7. The first-order chi connectivity index (χ1) is 29.8. The van der Waals surface area contributed by atoms with E-state index in [1.165, 1.54) is 16.3 Å². The summed E-state index contributed by atoms with van der Waals surface area (Å²) in [4.78, 5) is 10.4. The number of pyridine rings is 1. The first kappa shape index (κ1) is 41.8. The van der Waals surface area contributed by atoms with Gasteiger partial charge in [-0.1, -0.05) is 167 Å². The molecule has 0 atom stereocenters. The van der Waals surface area contributed by atoms with Crippen LogP contribution in [0.2, 0.25) is 0 Å². The fourth-order valence-electron chi connectivity index (χ4n) is 8.97. The minimum Gasteiger partial charge on any atom is -0.507 e. The number of hydrogen-bond donors (Lipinski definition) is 1. The minimum atomic E-state index is -0.267. The second kappa shape index (κ2) is 16.0. The predicted octanol–water partition coefficient (Wildman–Crippen LogP) is 14.5. The Bertz CT molecular complexity index is 3330. The summed E-state index contributed by atoms with van der Waals surface area (Å²) >= 11 is 0. The van der Waals surface area contributed by atoms with E-state index in [4.69, 9.17) is 9.97 Å². The summed E-state index contributed by atoms with van der Waals surface area (Å²) in [7, 11) is 2.04. The van der Waals surface area contributed by atoms with Crippen LogP contribution in [0.4, 0.5) is 0 Å². The van der Waals surface area contributed by atoms with Crippen molar-refractivity contribution in [2.45, 2.75) is 52.4 Å². The number of hydrogen-bond acceptors (Lipinski definition) is 3. The monoisotopic (exact) mass is 1000 g/mol. The Hall–Kier alpha value is -6.55. The number of nitrogens with zero attached hydrogens (tertiary/aromatic N) is 4. The maximum absolute atomic E-state index is 11.9. The van der Waals surface area contributed by atoms with E-state index in [0.29, 0.717) is 0 Å². The van der Waals surface area contributed by atoms with Crippen LogP contribution in [0.15, 0.2) is 164 Å². The molecule has 0 aliphatic carbocycles. The van der Waals surface area contributed by atoms with Gasteiger partial charge < -0.3 is 14.2 Å². The molecule has 5 nitrogen and oxygen atoms in total. The average molecular weight is 1000 g/mol. The van der Waals surface area contributed by atoms with Gasteiger partial charge in [-0.25, -0.2) is 4.98 Å². The number of para-hydroxylation sites is 4. The summed E-state index contributed by atoms with van der Waals surface area (Å²) in [6.07, 6.45) is 1.91. The van der Waals surface area contributed by atoms with Crippen LogP contribution in [0.1, 0.15) is 52.7 Å². The van der Waals surface area contributed by atoms with Crippen LogP contribution in [0, 0.1) is 6.07 Å². The first-order valence-corrected chi connectivity index (χ1v) is 21.4. The molecule has 0 aliphatic heterocycles. The maximum Gasteiger partial charge on any atom is 0.143 e. The summed E-state index contributed by atoms with van der Waals surface area (Å²) < 4.78 is 4.49. The summed E-state index contributed by atoms with van der Waals surface area (Å²) in [5.74, 6) is 0.994. The van der Waals surface area contributed by atoms with Gasteiger partial charge in [-0.15, -0.1) is 23.8 Å². The van der Waals surface area contributed by atoms with Gasteiger partial charge in [-0.2, -0.15) is 0 Å². The fourth-order valence-corrected chi connectivity index (χ4v) is 8.97. The standard InChI is InChI=1S/C57H49N4O.Pt/c1-56(2,3)41-34-47(54(62)48(35-41)57(4,5)6)55-59-52-43(23-17-27-51(52)60(55)7)39-30-38(36-18-10-8-11-19-36)31-40(32-39)49-33-37(28-29-58-49)44-24-16-25-46-45-22-14-15-26-50(45)61(53(44)46)42-20-12-9-13-21-42;/h8-31,33-35,62H,1-7H3;/q-1;. The first-order valence-electron chi connectivity index (χ1n) is 21.4. The second-order valence-electron chi connectivity index (χ2n) is 18.5. The number of fused-ring (bicyclic) bond motifs is 4. The Morgan fingerprint density at radius 3 is 1.95 bits per heavy atom. The molecule has 0 bridgehead atoms. The molecular formula is C57H49N4OPt-. The number of aryl methyl sites for hydroxylation is 1. The summed E-state index contributed by atoms with van der Waals surface area (Å²) in [6, 6.07) is 59.5. The molecular weight excluding hydrogens is 952 g/mol. The third-order valence-corrected chi connectivity index (χ3v) is 12.3. The van der Waals surface area contributed by atoms with Crippen LogP contribution in [0.3, 0.4) is 0 Å². The van der Waals surface area contributed by atoms with E-state index in [1.807, 2.05) is 19.3 Å². The fraction of sp³-hybridized carbons (Fsp3) is 0.158. The molecule has 0 amide bonds. The van der Waals surface area contributed by atoms with Crippen molar-refractivity contribution in [1.29, 1.82) is 0 Å². The summed E-state index contributed by atoms with van der Waals surface area (Å²) in [5, 5.41) is 14.4. The predicted molar refractivity (Wildman–Crippen MR) is 258 cm³/mol. The number of phenolic OH excluding ortho intramolecular Hbond substituents is 1. The Morgan fingerprint density at radius 2 is 1.21 bits per heavy atom. The Balaban J connectivity index is 0.00000504. The van der Waals surface area contributed by atoms with E-state index in [2.05, 4.69) is 208 Å². The third-order valence-electron chi connectivity index (χ3n) is 12.3. The van der Waals surface area contributed by atoms with Crippen LogP contribution in [-0.4, -0.2) is 24.2 Å². The van der Waals surface area contributed by atoms with Crippen LogP contribution in [0.5, 0.6) is 5.75 Å². The molecule has 7 aromatic carbocycles. The van der Waals surface area contributed by atoms with Gasteiger partial charge in [0, 0.05) is 67.6 Å². The molecule has 1 N–H and O–H groups in total. The van der Waals surface area contributed by atoms with Gasteiger partial charge in [-0.3, -0.25) is 4.98 Å². The Morgan fingerprint density at radius 1 is 0.556 bits per heavy atom. The third kappa shape index (κ3) is 7.39. The van der Waals surface area contributed by atoms with Crippen molar-refractivity contribution in [3.63, 3.8) is 0 Å². The van der Waals surface area contributed by atoms with Crippen molar-refractivity contribution in [1.82, 2.24) is 19.1 Å².